The van der Waals surface area contributed by atoms with Gasteiger partial charge in [-0.05, 0) is 71.3 Å². The van der Waals surface area contributed by atoms with E-state index in [4.69, 9.17) is 0 Å². The van der Waals surface area contributed by atoms with Gasteiger partial charge in [0.05, 0.1) is 28.1 Å². The SMILES string of the molecule is c1ccc(-c2ccc(N(c3ccccc3)c3cccc4c3c3ccccc3n4-c3ccccc3-c3cccc4c3sc3ccccc34)c(-c3ccccc3)c2)cc1. The molecule has 0 aliphatic rings. The summed E-state index contributed by atoms with van der Waals surface area (Å²) in [5.74, 6) is 0. The summed E-state index contributed by atoms with van der Waals surface area (Å²) in [7, 11) is 0. The largest absolute Gasteiger partial charge is 0.309 e. The van der Waals surface area contributed by atoms with Crippen LogP contribution < -0.4 is 4.90 Å². The zero-order valence-corrected chi connectivity index (χ0v) is 31.9. The second kappa shape index (κ2) is 13.8. The van der Waals surface area contributed by atoms with Crippen molar-refractivity contribution < 1.29 is 0 Å². The molecule has 9 aromatic carbocycles. The molecule has 3 heteroatoms. The van der Waals surface area contributed by atoms with Crippen molar-refractivity contribution in [3.63, 3.8) is 0 Å². The lowest BCUT2D eigenvalue weighted by Crippen LogP contribution is -2.12. The van der Waals surface area contributed by atoms with E-state index in [1.807, 2.05) is 11.3 Å². The fraction of sp³-hybridized carbons (Fsp3) is 0. The average molecular weight is 745 g/mol. The molecule has 0 bridgehead atoms. The molecule has 11 rings (SSSR count). The van der Waals surface area contributed by atoms with Crippen LogP contribution in [-0.4, -0.2) is 4.57 Å². The summed E-state index contributed by atoms with van der Waals surface area (Å²) in [5.41, 5.74) is 14.0. The molecule has 57 heavy (non-hydrogen) atoms. The number of rotatable bonds is 7. The van der Waals surface area contributed by atoms with Crippen LogP contribution in [0.3, 0.4) is 0 Å². The number of para-hydroxylation sites is 3. The molecule has 2 heterocycles. The van der Waals surface area contributed by atoms with Crippen LogP contribution in [0.4, 0.5) is 17.1 Å². The molecule has 0 fully saturated rings. The van der Waals surface area contributed by atoms with Gasteiger partial charge in [0.1, 0.15) is 0 Å². The van der Waals surface area contributed by atoms with Crippen molar-refractivity contribution >= 4 is 70.4 Å². The van der Waals surface area contributed by atoms with Gasteiger partial charge in [0.15, 0.2) is 0 Å². The second-order valence-electron chi connectivity index (χ2n) is 14.5. The number of aromatic nitrogens is 1. The third kappa shape index (κ3) is 5.55. The molecule has 0 spiro atoms. The van der Waals surface area contributed by atoms with Crippen LogP contribution in [0, 0.1) is 0 Å². The first-order valence-electron chi connectivity index (χ1n) is 19.4. The van der Waals surface area contributed by atoms with Crippen LogP contribution in [0.2, 0.25) is 0 Å². The molecular weight excluding hydrogens is 709 g/mol. The number of hydrogen-bond acceptors (Lipinski definition) is 2. The number of fused-ring (bicyclic) bond motifs is 6. The number of hydrogen-bond donors (Lipinski definition) is 0. The monoisotopic (exact) mass is 744 g/mol. The summed E-state index contributed by atoms with van der Waals surface area (Å²) in [5, 5.41) is 5.03. The van der Waals surface area contributed by atoms with Gasteiger partial charge < -0.3 is 9.47 Å². The smallest absolute Gasteiger partial charge is 0.0562 e. The maximum absolute atomic E-state index is 2.48. The van der Waals surface area contributed by atoms with E-state index < -0.39 is 0 Å². The van der Waals surface area contributed by atoms with Gasteiger partial charge in [-0.3, -0.25) is 0 Å². The molecule has 0 aliphatic carbocycles. The van der Waals surface area contributed by atoms with Crippen molar-refractivity contribution in [3.8, 4) is 39.1 Å². The highest BCUT2D eigenvalue weighted by Gasteiger charge is 2.24. The lowest BCUT2D eigenvalue weighted by molar-refractivity contribution is 1.18. The summed E-state index contributed by atoms with van der Waals surface area (Å²) in [6.07, 6.45) is 0. The van der Waals surface area contributed by atoms with Crippen LogP contribution in [0.5, 0.6) is 0 Å². The molecule has 0 radical (unpaired) electrons. The van der Waals surface area contributed by atoms with Crippen LogP contribution in [0.15, 0.2) is 218 Å². The summed E-state index contributed by atoms with van der Waals surface area (Å²) < 4.78 is 5.11. The Morgan fingerprint density at radius 3 is 1.81 bits per heavy atom. The first-order chi connectivity index (χ1) is 28.3. The highest BCUT2D eigenvalue weighted by Crippen LogP contribution is 2.48. The predicted molar refractivity (Wildman–Crippen MR) is 245 cm³/mol. The van der Waals surface area contributed by atoms with Gasteiger partial charge in [0, 0.05) is 53.3 Å². The Morgan fingerprint density at radius 2 is 0.982 bits per heavy atom. The van der Waals surface area contributed by atoms with Gasteiger partial charge in [-0.15, -0.1) is 11.3 Å². The van der Waals surface area contributed by atoms with Gasteiger partial charge in [-0.1, -0.05) is 164 Å². The number of nitrogens with zero attached hydrogens (tertiary/aromatic N) is 2. The Labute approximate surface area is 335 Å². The molecule has 0 unspecified atom stereocenters. The summed E-state index contributed by atoms with van der Waals surface area (Å²) in [6, 6.07) is 79.3. The molecule has 0 saturated heterocycles. The molecule has 0 atom stereocenters. The molecule has 0 amide bonds. The predicted octanol–water partition coefficient (Wildman–Crippen LogP) is 15.6. The Kier molecular flexibility index (Phi) is 8.04. The Morgan fingerprint density at radius 1 is 0.368 bits per heavy atom. The molecule has 0 aliphatic heterocycles. The molecular formula is C54H36N2S. The highest BCUT2D eigenvalue weighted by molar-refractivity contribution is 7.26. The second-order valence-corrected chi connectivity index (χ2v) is 15.5. The van der Waals surface area contributed by atoms with E-state index in [-0.39, 0.29) is 0 Å². The van der Waals surface area contributed by atoms with Crippen LogP contribution in [0.25, 0.3) is 81.0 Å². The van der Waals surface area contributed by atoms with E-state index in [1.165, 1.54) is 69.8 Å². The fourth-order valence-corrected chi connectivity index (χ4v) is 9.91. The maximum atomic E-state index is 2.48. The zero-order chi connectivity index (χ0) is 37.7. The fourth-order valence-electron chi connectivity index (χ4n) is 8.68. The molecule has 2 aromatic heterocycles. The zero-order valence-electron chi connectivity index (χ0n) is 31.1. The topological polar surface area (TPSA) is 8.17 Å². The highest BCUT2D eigenvalue weighted by atomic mass is 32.1. The van der Waals surface area contributed by atoms with E-state index in [1.54, 1.807) is 0 Å². The normalized spacial score (nSPS) is 11.5. The first kappa shape index (κ1) is 33.2. The lowest BCUT2D eigenvalue weighted by Gasteiger charge is -2.29. The molecule has 11 aromatic rings. The average Bonchev–Trinajstić information content (AvgIpc) is 3.84. The van der Waals surface area contributed by atoms with E-state index in [9.17, 15) is 0 Å². The van der Waals surface area contributed by atoms with Gasteiger partial charge >= 0.3 is 0 Å². The standard InChI is InChI=1S/C54H36N2S/c1-4-18-37(19-5-1)39-34-35-49(46(36-39)38-20-6-2-7-21-38)55(40-22-8-3-9-23-40)50-31-17-32-51-53(50)45-26-11-14-30-48(45)56(51)47-29-13-10-24-41(47)43-27-16-28-44-42-25-12-15-33-52(42)57-54(43)44/h1-36H. The minimum absolute atomic E-state index is 1.10. The Hall–Kier alpha value is -7.20. The summed E-state index contributed by atoms with van der Waals surface area (Å²) in [6.45, 7) is 0. The number of anilines is 3. The Balaban J connectivity index is 1.18. The van der Waals surface area contributed by atoms with Crippen molar-refractivity contribution in [1.82, 2.24) is 4.57 Å². The van der Waals surface area contributed by atoms with Crippen molar-refractivity contribution in [1.29, 1.82) is 0 Å². The summed E-state index contributed by atoms with van der Waals surface area (Å²) >= 11 is 1.88. The van der Waals surface area contributed by atoms with Crippen LogP contribution >= 0.6 is 11.3 Å². The van der Waals surface area contributed by atoms with Gasteiger partial charge in [0.25, 0.3) is 0 Å². The quantitative estimate of drug-likeness (QED) is 0.158. The van der Waals surface area contributed by atoms with Crippen molar-refractivity contribution in [2.45, 2.75) is 0 Å². The molecule has 0 N–H and O–H groups in total. The molecule has 268 valence electrons. The third-order valence-corrected chi connectivity index (χ3v) is 12.4. The Bertz CT molecular complexity index is 3230. The van der Waals surface area contributed by atoms with E-state index in [2.05, 4.69) is 228 Å². The first-order valence-corrected chi connectivity index (χ1v) is 20.3. The lowest BCUT2D eigenvalue weighted by atomic mass is 9.96. The minimum Gasteiger partial charge on any atom is -0.309 e. The van der Waals surface area contributed by atoms with E-state index in [0.717, 1.165) is 28.3 Å². The van der Waals surface area contributed by atoms with Crippen molar-refractivity contribution in [3.05, 3.63) is 218 Å². The number of thiophene rings is 1. The maximum Gasteiger partial charge on any atom is 0.0562 e. The summed E-state index contributed by atoms with van der Waals surface area (Å²) in [4.78, 5) is 2.46. The minimum atomic E-state index is 1.10. The van der Waals surface area contributed by atoms with Crippen molar-refractivity contribution in [2.24, 2.45) is 0 Å². The number of benzene rings is 9. The van der Waals surface area contributed by atoms with Gasteiger partial charge in [-0.25, -0.2) is 0 Å². The van der Waals surface area contributed by atoms with Gasteiger partial charge in [0.2, 0.25) is 0 Å². The van der Waals surface area contributed by atoms with Crippen LogP contribution in [0.1, 0.15) is 0 Å². The van der Waals surface area contributed by atoms with Gasteiger partial charge in [-0.2, -0.15) is 0 Å². The third-order valence-electron chi connectivity index (χ3n) is 11.2. The van der Waals surface area contributed by atoms with Crippen LogP contribution in [-0.2, 0) is 0 Å². The molecule has 0 saturated carbocycles. The van der Waals surface area contributed by atoms with E-state index in [0.29, 0.717) is 0 Å². The van der Waals surface area contributed by atoms with Crippen molar-refractivity contribution in [2.75, 3.05) is 4.90 Å². The van der Waals surface area contributed by atoms with E-state index >= 15 is 0 Å². The molecule has 2 nitrogen and oxygen atoms in total.